The minimum Gasteiger partial charge on any atom is -0.355 e. The molecule has 0 aromatic carbocycles. The molecule has 2 N–H and O–H groups in total. The van der Waals surface area contributed by atoms with Crippen molar-refractivity contribution in [3.05, 3.63) is 0 Å². The molecular formula is C13H27N3O. The second-order valence-electron chi connectivity index (χ2n) is 5.05. The molecule has 1 atom stereocenters. The fourth-order valence-corrected chi connectivity index (χ4v) is 2.23. The first-order valence-electron chi connectivity index (χ1n) is 6.91. The number of amides is 1. The minimum absolute atomic E-state index is 0.150. The number of carbonyl (C=O) groups is 1. The Morgan fingerprint density at radius 2 is 2.29 bits per heavy atom. The summed E-state index contributed by atoms with van der Waals surface area (Å²) in [5.74, 6) is 0.150. The third-order valence-corrected chi connectivity index (χ3v) is 3.21. The minimum atomic E-state index is 0.150. The van der Waals surface area contributed by atoms with Crippen LogP contribution in [-0.4, -0.2) is 50.1 Å². The van der Waals surface area contributed by atoms with E-state index >= 15 is 0 Å². The number of piperidine rings is 1. The van der Waals surface area contributed by atoms with Crippen LogP contribution in [0.3, 0.4) is 0 Å². The molecule has 1 aliphatic rings. The van der Waals surface area contributed by atoms with Gasteiger partial charge in [0.05, 0.1) is 6.54 Å². The van der Waals surface area contributed by atoms with Gasteiger partial charge in [-0.3, -0.25) is 9.69 Å². The fourth-order valence-electron chi connectivity index (χ4n) is 2.23. The summed E-state index contributed by atoms with van der Waals surface area (Å²) < 4.78 is 0. The molecule has 0 bridgehead atoms. The summed E-state index contributed by atoms with van der Waals surface area (Å²) in [6.45, 7) is 5.56. The van der Waals surface area contributed by atoms with E-state index in [2.05, 4.69) is 22.5 Å². The highest BCUT2D eigenvalue weighted by Crippen LogP contribution is 2.07. The van der Waals surface area contributed by atoms with Crippen LogP contribution in [0.15, 0.2) is 0 Å². The number of hydrogen-bond acceptors (Lipinski definition) is 3. The lowest BCUT2D eigenvalue weighted by molar-refractivity contribution is -0.122. The summed E-state index contributed by atoms with van der Waals surface area (Å²) in [7, 11) is 2.02. The van der Waals surface area contributed by atoms with Crippen molar-refractivity contribution < 1.29 is 4.79 Å². The van der Waals surface area contributed by atoms with E-state index in [1.165, 1.54) is 19.3 Å². The number of hydrogen-bond donors (Lipinski definition) is 2. The van der Waals surface area contributed by atoms with Crippen LogP contribution in [0.5, 0.6) is 0 Å². The van der Waals surface area contributed by atoms with Gasteiger partial charge in [-0.2, -0.15) is 0 Å². The Morgan fingerprint density at radius 3 is 2.94 bits per heavy atom. The Hall–Kier alpha value is -0.610. The van der Waals surface area contributed by atoms with E-state index in [0.717, 1.165) is 32.5 Å². The smallest absolute Gasteiger partial charge is 0.234 e. The van der Waals surface area contributed by atoms with E-state index in [9.17, 15) is 4.79 Å². The van der Waals surface area contributed by atoms with Crippen LogP contribution in [0.2, 0.25) is 0 Å². The lowest BCUT2D eigenvalue weighted by atomic mass is 10.0. The number of carbonyl (C=O) groups excluding carboxylic acids is 1. The first-order valence-corrected chi connectivity index (χ1v) is 6.91. The van der Waals surface area contributed by atoms with E-state index in [1.807, 2.05) is 7.05 Å². The summed E-state index contributed by atoms with van der Waals surface area (Å²) in [6, 6.07) is 0.567. The molecule has 1 aliphatic heterocycles. The second kappa shape index (κ2) is 8.48. The molecule has 100 valence electrons. The molecule has 0 saturated carbocycles. The zero-order valence-electron chi connectivity index (χ0n) is 11.3. The topological polar surface area (TPSA) is 44.4 Å². The number of likely N-dealkylation sites (N-methyl/N-ethyl adjacent to an activating group) is 1. The van der Waals surface area contributed by atoms with Gasteiger partial charge in [0.2, 0.25) is 5.91 Å². The van der Waals surface area contributed by atoms with Crippen LogP contribution in [0.1, 0.15) is 39.0 Å². The van der Waals surface area contributed by atoms with Crippen molar-refractivity contribution in [1.29, 1.82) is 0 Å². The van der Waals surface area contributed by atoms with Gasteiger partial charge in [0.25, 0.3) is 0 Å². The Balaban J connectivity index is 2.10. The molecule has 0 aromatic heterocycles. The van der Waals surface area contributed by atoms with Crippen molar-refractivity contribution in [3.8, 4) is 0 Å². The summed E-state index contributed by atoms with van der Waals surface area (Å²) >= 11 is 0. The predicted molar refractivity (Wildman–Crippen MR) is 71.1 cm³/mol. The van der Waals surface area contributed by atoms with Gasteiger partial charge < -0.3 is 10.6 Å². The van der Waals surface area contributed by atoms with Crippen molar-refractivity contribution in [1.82, 2.24) is 15.5 Å². The van der Waals surface area contributed by atoms with E-state index in [-0.39, 0.29) is 5.91 Å². The Kier molecular flexibility index (Phi) is 7.21. The van der Waals surface area contributed by atoms with Crippen LogP contribution < -0.4 is 10.6 Å². The van der Waals surface area contributed by atoms with E-state index in [4.69, 9.17) is 0 Å². The van der Waals surface area contributed by atoms with Crippen molar-refractivity contribution in [2.45, 2.75) is 45.1 Å². The molecule has 0 aromatic rings. The van der Waals surface area contributed by atoms with Crippen LogP contribution in [-0.2, 0) is 4.79 Å². The highest BCUT2D eigenvalue weighted by Gasteiger charge is 2.15. The summed E-state index contributed by atoms with van der Waals surface area (Å²) in [5, 5.41) is 6.45. The van der Waals surface area contributed by atoms with E-state index in [1.54, 1.807) is 0 Å². The maximum Gasteiger partial charge on any atom is 0.234 e. The van der Waals surface area contributed by atoms with Crippen LogP contribution >= 0.6 is 0 Å². The fraction of sp³-hybridized carbons (Fsp3) is 0.923. The van der Waals surface area contributed by atoms with Gasteiger partial charge in [-0.25, -0.2) is 0 Å². The average Bonchev–Trinajstić information content (AvgIpc) is 2.30. The number of nitrogens with one attached hydrogen (secondary N) is 2. The average molecular weight is 241 g/mol. The van der Waals surface area contributed by atoms with Gasteiger partial charge >= 0.3 is 0 Å². The summed E-state index contributed by atoms with van der Waals surface area (Å²) in [4.78, 5) is 13.7. The monoisotopic (exact) mass is 241 g/mol. The lowest BCUT2D eigenvalue weighted by Crippen LogP contribution is -2.45. The molecule has 1 heterocycles. The van der Waals surface area contributed by atoms with Crippen LogP contribution in [0.25, 0.3) is 0 Å². The Bertz CT molecular complexity index is 215. The highest BCUT2D eigenvalue weighted by molar-refractivity contribution is 5.77. The summed E-state index contributed by atoms with van der Waals surface area (Å²) in [6.07, 6.45) is 6.04. The van der Waals surface area contributed by atoms with Crippen molar-refractivity contribution >= 4 is 5.91 Å². The van der Waals surface area contributed by atoms with Crippen LogP contribution in [0, 0.1) is 0 Å². The molecule has 1 fully saturated rings. The Labute approximate surface area is 105 Å². The molecule has 4 heteroatoms. The van der Waals surface area contributed by atoms with Gasteiger partial charge in [0, 0.05) is 19.1 Å². The van der Waals surface area contributed by atoms with Crippen molar-refractivity contribution in [3.63, 3.8) is 0 Å². The van der Waals surface area contributed by atoms with E-state index in [0.29, 0.717) is 12.6 Å². The third-order valence-electron chi connectivity index (χ3n) is 3.21. The molecule has 0 spiro atoms. The highest BCUT2D eigenvalue weighted by atomic mass is 16.2. The lowest BCUT2D eigenvalue weighted by Gasteiger charge is -2.27. The third kappa shape index (κ3) is 6.64. The number of rotatable bonds is 7. The zero-order chi connectivity index (χ0) is 12.5. The molecular weight excluding hydrogens is 214 g/mol. The summed E-state index contributed by atoms with van der Waals surface area (Å²) in [5.41, 5.74) is 0. The molecule has 1 saturated heterocycles. The van der Waals surface area contributed by atoms with Crippen LogP contribution in [0.4, 0.5) is 0 Å². The number of unbranched alkanes of at least 4 members (excludes halogenated alkanes) is 1. The predicted octanol–water partition coefficient (Wildman–Crippen LogP) is 0.977. The number of nitrogens with zero attached hydrogens (tertiary/aromatic N) is 1. The zero-order valence-corrected chi connectivity index (χ0v) is 11.3. The Morgan fingerprint density at radius 1 is 1.47 bits per heavy atom. The standard InChI is InChI=1S/C13H27N3O/c1-3-4-8-15-13(17)11-16(2)10-12-7-5-6-9-14-12/h12,14H,3-11H2,1-2H3,(H,15,17). The van der Waals surface area contributed by atoms with Crippen molar-refractivity contribution in [2.24, 2.45) is 0 Å². The molecule has 0 radical (unpaired) electrons. The first-order chi connectivity index (χ1) is 8.22. The molecule has 1 unspecified atom stereocenters. The molecule has 0 aliphatic carbocycles. The van der Waals surface area contributed by atoms with Gasteiger partial charge in [-0.05, 0) is 32.9 Å². The van der Waals surface area contributed by atoms with Gasteiger partial charge in [0.1, 0.15) is 0 Å². The van der Waals surface area contributed by atoms with Gasteiger partial charge in [0.15, 0.2) is 0 Å². The molecule has 4 nitrogen and oxygen atoms in total. The SMILES string of the molecule is CCCCNC(=O)CN(C)CC1CCCCN1. The van der Waals surface area contributed by atoms with Crippen molar-refractivity contribution in [2.75, 3.05) is 33.2 Å². The molecule has 17 heavy (non-hydrogen) atoms. The van der Waals surface area contributed by atoms with E-state index < -0.39 is 0 Å². The largest absolute Gasteiger partial charge is 0.355 e. The second-order valence-corrected chi connectivity index (χ2v) is 5.05. The quantitative estimate of drug-likeness (QED) is 0.653. The maximum absolute atomic E-state index is 11.6. The molecule has 1 amide bonds. The van der Waals surface area contributed by atoms with Gasteiger partial charge in [-0.1, -0.05) is 19.8 Å². The molecule has 1 rings (SSSR count). The normalized spacial score (nSPS) is 20.5. The first kappa shape index (κ1) is 14.5. The van der Waals surface area contributed by atoms with Gasteiger partial charge in [-0.15, -0.1) is 0 Å². The maximum atomic E-state index is 11.6.